The summed E-state index contributed by atoms with van der Waals surface area (Å²) in [7, 11) is 0. The highest BCUT2D eigenvalue weighted by atomic mass is 35.5. The summed E-state index contributed by atoms with van der Waals surface area (Å²) in [6.07, 6.45) is -2.19. The Hall–Kier alpha value is -3.10. The Bertz CT molecular complexity index is 858. The summed E-state index contributed by atoms with van der Waals surface area (Å²) in [5.41, 5.74) is 1.40. The van der Waals surface area contributed by atoms with Crippen LogP contribution in [0.5, 0.6) is 0 Å². The molecule has 0 radical (unpaired) electrons. The number of hydrogen-bond donors (Lipinski definition) is 4. The Morgan fingerprint density at radius 1 is 1.00 bits per heavy atom. The van der Waals surface area contributed by atoms with Crippen LogP contribution < -0.4 is 10.6 Å². The number of aliphatic hydroxyl groups is 1. The van der Waals surface area contributed by atoms with Crippen molar-refractivity contribution in [3.8, 4) is 0 Å². The molecular weight excluding hydrogens is 412 g/mol. The fourth-order valence-corrected chi connectivity index (χ4v) is 2.74. The van der Waals surface area contributed by atoms with Crippen LogP contribution in [-0.2, 0) is 27.4 Å². The minimum absolute atomic E-state index is 0.00320. The molecule has 2 amide bonds. The third kappa shape index (κ3) is 7.38. The van der Waals surface area contributed by atoms with Crippen LogP contribution in [0, 0.1) is 0 Å². The lowest BCUT2D eigenvalue weighted by molar-refractivity contribution is -0.142. The lowest BCUT2D eigenvalue weighted by Gasteiger charge is -2.23. The molecule has 0 aliphatic rings. The second kappa shape index (κ2) is 11.2. The van der Waals surface area contributed by atoms with Crippen molar-refractivity contribution in [2.45, 2.75) is 38.1 Å². The highest BCUT2D eigenvalue weighted by Gasteiger charge is 2.30. The number of carboxylic acids is 1. The molecule has 160 valence electrons. The first-order valence-corrected chi connectivity index (χ1v) is 9.57. The number of benzene rings is 2. The van der Waals surface area contributed by atoms with Crippen molar-refractivity contribution in [1.29, 1.82) is 0 Å². The number of carbonyl (C=O) groups excluding carboxylic acids is 2. The minimum atomic E-state index is -1.39. The predicted octanol–water partition coefficient (Wildman–Crippen LogP) is 2.13. The maximum absolute atomic E-state index is 12.5. The third-order valence-electron chi connectivity index (χ3n) is 4.22. The second-order valence-electron chi connectivity index (χ2n) is 6.65. The van der Waals surface area contributed by atoms with Crippen molar-refractivity contribution in [2.75, 3.05) is 0 Å². The Morgan fingerprint density at radius 2 is 1.63 bits per heavy atom. The molecule has 3 atom stereocenters. The van der Waals surface area contributed by atoms with Crippen molar-refractivity contribution in [3.05, 3.63) is 70.7 Å². The van der Waals surface area contributed by atoms with Gasteiger partial charge in [0.2, 0.25) is 5.91 Å². The zero-order chi connectivity index (χ0) is 22.1. The van der Waals surface area contributed by atoms with E-state index in [4.69, 9.17) is 16.3 Å². The molecular formula is C21H23ClN2O6. The van der Waals surface area contributed by atoms with Crippen molar-refractivity contribution in [2.24, 2.45) is 0 Å². The number of nitrogens with one attached hydrogen (secondary N) is 2. The number of hydrogen-bond acceptors (Lipinski definition) is 5. The lowest BCUT2D eigenvalue weighted by atomic mass is 10.0. The molecule has 0 aliphatic carbocycles. The number of aliphatic carboxylic acids is 1. The summed E-state index contributed by atoms with van der Waals surface area (Å²) < 4.78 is 5.05. The van der Waals surface area contributed by atoms with Gasteiger partial charge in [-0.2, -0.15) is 0 Å². The van der Waals surface area contributed by atoms with Gasteiger partial charge in [-0.25, -0.2) is 9.59 Å². The van der Waals surface area contributed by atoms with Gasteiger partial charge in [0, 0.05) is 11.4 Å². The van der Waals surface area contributed by atoms with Crippen LogP contribution in [0.15, 0.2) is 54.6 Å². The largest absolute Gasteiger partial charge is 0.480 e. The Labute approximate surface area is 178 Å². The molecule has 0 aromatic heterocycles. The van der Waals surface area contributed by atoms with Crippen molar-refractivity contribution in [1.82, 2.24) is 10.6 Å². The fraction of sp³-hybridized carbons (Fsp3) is 0.286. The predicted molar refractivity (Wildman–Crippen MR) is 110 cm³/mol. The smallest absolute Gasteiger partial charge is 0.408 e. The van der Waals surface area contributed by atoms with Crippen LogP contribution in [0.1, 0.15) is 18.1 Å². The zero-order valence-electron chi connectivity index (χ0n) is 16.2. The molecule has 2 rings (SSSR count). The molecule has 2 aromatic rings. The van der Waals surface area contributed by atoms with Gasteiger partial charge >= 0.3 is 12.1 Å². The molecule has 9 heteroatoms. The van der Waals surface area contributed by atoms with E-state index in [2.05, 4.69) is 10.6 Å². The minimum Gasteiger partial charge on any atom is -0.480 e. The van der Waals surface area contributed by atoms with Gasteiger partial charge in [0.05, 0.1) is 6.10 Å². The topological polar surface area (TPSA) is 125 Å². The second-order valence-corrected chi connectivity index (χ2v) is 7.09. The number of carbonyl (C=O) groups is 3. The molecule has 0 unspecified atom stereocenters. The van der Waals surface area contributed by atoms with Gasteiger partial charge in [-0.1, -0.05) is 54.1 Å². The summed E-state index contributed by atoms with van der Waals surface area (Å²) >= 11 is 5.82. The van der Waals surface area contributed by atoms with E-state index < -0.39 is 36.2 Å². The molecule has 30 heavy (non-hydrogen) atoms. The maximum Gasteiger partial charge on any atom is 0.408 e. The highest BCUT2D eigenvalue weighted by molar-refractivity contribution is 6.30. The number of alkyl carbamates (subject to hydrolysis) is 1. The molecule has 8 nitrogen and oxygen atoms in total. The van der Waals surface area contributed by atoms with Gasteiger partial charge in [0.1, 0.15) is 18.7 Å². The van der Waals surface area contributed by atoms with E-state index in [9.17, 15) is 24.6 Å². The molecule has 0 aliphatic heterocycles. The van der Waals surface area contributed by atoms with Crippen LogP contribution >= 0.6 is 11.6 Å². The molecule has 0 spiro atoms. The monoisotopic (exact) mass is 434 g/mol. The molecule has 0 saturated carbocycles. The van der Waals surface area contributed by atoms with Crippen molar-refractivity contribution >= 4 is 29.6 Å². The van der Waals surface area contributed by atoms with E-state index >= 15 is 0 Å². The molecule has 2 aromatic carbocycles. The molecule has 0 bridgehead atoms. The van der Waals surface area contributed by atoms with Crippen molar-refractivity contribution in [3.63, 3.8) is 0 Å². The first kappa shape index (κ1) is 23.2. The lowest BCUT2D eigenvalue weighted by Crippen LogP contribution is -2.56. The van der Waals surface area contributed by atoms with Crippen LogP contribution in [0.2, 0.25) is 5.02 Å². The van der Waals surface area contributed by atoms with Crippen LogP contribution in [0.25, 0.3) is 0 Å². The van der Waals surface area contributed by atoms with Gasteiger partial charge < -0.3 is 25.6 Å². The average molecular weight is 435 g/mol. The van der Waals surface area contributed by atoms with Gasteiger partial charge in [-0.05, 0) is 30.2 Å². The summed E-state index contributed by atoms with van der Waals surface area (Å²) in [5, 5.41) is 24.4. The van der Waals surface area contributed by atoms with Crippen molar-refractivity contribution < 1.29 is 29.3 Å². The van der Waals surface area contributed by atoms with E-state index in [1.807, 2.05) is 6.07 Å². The number of ether oxygens (including phenoxy) is 1. The summed E-state index contributed by atoms with van der Waals surface area (Å²) in [6, 6.07) is 12.8. The average Bonchev–Trinajstić information content (AvgIpc) is 2.71. The Morgan fingerprint density at radius 3 is 2.20 bits per heavy atom. The fourth-order valence-electron chi connectivity index (χ4n) is 2.61. The Kier molecular flexibility index (Phi) is 8.64. The quantitative estimate of drug-likeness (QED) is 0.479. The normalized spacial score (nSPS) is 13.6. The SMILES string of the molecule is C[C@@H](O)[C@H](NC(=O)OCc1ccccc1)C(=O)N[C@H](Cc1ccc(Cl)cc1)C(=O)O. The summed E-state index contributed by atoms with van der Waals surface area (Å²) in [4.78, 5) is 36.1. The summed E-state index contributed by atoms with van der Waals surface area (Å²) in [6.45, 7) is 1.28. The van der Waals surface area contributed by atoms with Crippen LogP contribution in [0.4, 0.5) is 4.79 Å². The maximum atomic E-state index is 12.5. The van der Waals surface area contributed by atoms with Crippen LogP contribution in [0.3, 0.4) is 0 Å². The van der Waals surface area contributed by atoms with E-state index in [0.29, 0.717) is 10.6 Å². The van der Waals surface area contributed by atoms with E-state index in [1.54, 1.807) is 48.5 Å². The van der Waals surface area contributed by atoms with E-state index in [-0.39, 0.29) is 13.0 Å². The molecule has 0 heterocycles. The zero-order valence-corrected chi connectivity index (χ0v) is 17.0. The third-order valence-corrected chi connectivity index (χ3v) is 4.47. The number of carboxylic acid groups (broad SMARTS) is 1. The first-order chi connectivity index (χ1) is 14.3. The highest BCUT2D eigenvalue weighted by Crippen LogP contribution is 2.11. The molecule has 0 saturated heterocycles. The molecule has 4 N–H and O–H groups in total. The molecule has 0 fully saturated rings. The number of aliphatic hydroxyl groups excluding tert-OH is 1. The van der Waals surface area contributed by atoms with Crippen LogP contribution in [-0.4, -0.2) is 46.4 Å². The van der Waals surface area contributed by atoms with Gasteiger partial charge in [-0.3, -0.25) is 4.79 Å². The Balaban J connectivity index is 1.97. The first-order valence-electron chi connectivity index (χ1n) is 9.19. The van der Waals surface area contributed by atoms with Gasteiger partial charge in [0.15, 0.2) is 0 Å². The van der Waals surface area contributed by atoms with Gasteiger partial charge in [0.25, 0.3) is 0 Å². The standard InChI is InChI=1S/C21H23ClN2O6/c1-13(25)18(24-21(29)30-12-15-5-3-2-4-6-15)19(26)23-17(20(27)28)11-14-7-9-16(22)10-8-14/h2-10,13,17-18,25H,11-12H2,1H3,(H,23,26)(H,24,29)(H,27,28)/t13-,17-,18+/m1/s1. The number of amides is 2. The van der Waals surface area contributed by atoms with E-state index in [1.165, 1.54) is 6.92 Å². The van der Waals surface area contributed by atoms with E-state index in [0.717, 1.165) is 5.56 Å². The van der Waals surface area contributed by atoms with Gasteiger partial charge in [-0.15, -0.1) is 0 Å². The number of rotatable bonds is 9. The number of halogens is 1. The summed E-state index contributed by atoms with van der Waals surface area (Å²) in [5.74, 6) is -2.10.